The first kappa shape index (κ1) is 16.9. The quantitative estimate of drug-likeness (QED) is 0.591. The average molecular weight is 250 g/mol. The van der Waals surface area contributed by atoms with Crippen molar-refractivity contribution in [1.29, 1.82) is 0 Å². The van der Waals surface area contributed by atoms with Crippen LogP contribution in [0.5, 0.6) is 0 Å². The molecule has 0 aliphatic carbocycles. The van der Waals surface area contributed by atoms with Crippen LogP contribution < -0.4 is 29.6 Å². The molecule has 18 heavy (non-hydrogen) atoms. The topological polar surface area (TPSA) is 37.3 Å². The van der Waals surface area contributed by atoms with E-state index in [0.717, 1.165) is 0 Å². The van der Waals surface area contributed by atoms with E-state index in [1.165, 1.54) is 11.1 Å². The average Bonchev–Trinajstić information content (AvgIpc) is 2.30. The van der Waals surface area contributed by atoms with Gasteiger partial charge < -0.3 is 5.11 Å². The minimum atomic E-state index is -0.879. The number of aryl methyl sites for hydroxylation is 2. The maximum atomic E-state index is 10.2. The summed E-state index contributed by atoms with van der Waals surface area (Å²) in [5, 5.41) is 8.38. The van der Waals surface area contributed by atoms with Crippen molar-refractivity contribution in [3.05, 3.63) is 71.3 Å². The first-order valence-electron chi connectivity index (χ1n) is 5.33. The van der Waals surface area contributed by atoms with Crippen molar-refractivity contribution in [1.82, 2.24) is 0 Å². The molecule has 2 rings (SSSR count). The van der Waals surface area contributed by atoms with Crippen LogP contribution in [0.2, 0.25) is 0 Å². The van der Waals surface area contributed by atoms with Gasteiger partial charge in [-0.1, -0.05) is 32.0 Å². The number of carbonyl (C=O) groups is 1. The number of aromatic carboxylic acids is 1. The number of hydrogen-bond donors (Lipinski definition) is 1. The molecule has 0 spiro atoms. The van der Waals surface area contributed by atoms with Gasteiger partial charge in [-0.2, -0.15) is 35.4 Å². The summed E-state index contributed by atoms with van der Waals surface area (Å²) in [5.74, 6) is -0.879. The summed E-state index contributed by atoms with van der Waals surface area (Å²) in [4.78, 5) is 10.2. The largest absolute Gasteiger partial charge is 1.00 e. The Labute approximate surface area is 130 Å². The first-order chi connectivity index (χ1) is 8.09. The normalized spacial score (nSPS) is 8.56. The molecule has 0 aliphatic rings. The molecule has 0 atom stereocenters. The summed E-state index contributed by atoms with van der Waals surface area (Å²) in [6, 6.07) is 17.6. The van der Waals surface area contributed by atoms with Crippen molar-refractivity contribution in [2.24, 2.45) is 0 Å². The molecule has 1 N–H and O–H groups in total. The first-order valence-corrected chi connectivity index (χ1v) is 5.33. The van der Waals surface area contributed by atoms with Crippen molar-refractivity contribution >= 4 is 5.97 Å². The Bertz CT molecular complexity index is 464. The van der Waals surface area contributed by atoms with Crippen LogP contribution in [0, 0.1) is 19.9 Å². The molecule has 0 fully saturated rings. The Morgan fingerprint density at radius 1 is 0.944 bits per heavy atom. The third-order valence-corrected chi connectivity index (χ3v) is 2.11. The van der Waals surface area contributed by atoms with E-state index in [1.54, 1.807) is 30.3 Å². The summed E-state index contributed by atoms with van der Waals surface area (Å²) < 4.78 is 0. The Morgan fingerprint density at radius 3 is 1.72 bits per heavy atom. The maximum absolute atomic E-state index is 10.2. The maximum Gasteiger partial charge on any atom is 1.00 e. The van der Waals surface area contributed by atoms with Gasteiger partial charge >= 0.3 is 35.5 Å². The van der Waals surface area contributed by atoms with Gasteiger partial charge in [-0.25, -0.2) is 4.79 Å². The summed E-state index contributed by atoms with van der Waals surface area (Å²) in [6.07, 6.45) is 0. The van der Waals surface area contributed by atoms with E-state index >= 15 is 0 Å². The number of carboxylic acid groups (broad SMARTS) is 1. The summed E-state index contributed by atoms with van der Waals surface area (Å²) in [6.45, 7) is 4.10. The number of hydrogen-bond acceptors (Lipinski definition) is 1. The minimum absolute atomic E-state index is 0. The predicted molar refractivity (Wildman–Crippen MR) is 68.2 cm³/mol. The molecule has 0 saturated carbocycles. The van der Waals surface area contributed by atoms with E-state index in [1.807, 2.05) is 32.0 Å². The van der Waals surface area contributed by atoms with Crippen molar-refractivity contribution in [2.75, 3.05) is 0 Å². The molecule has 2 aromatic rings. The van der Waals surface area contributed by atoms with E-state index in [4.69, 9.17) is 5.11 Å². The fourth-order valence-electron chi connectivity index (χ4n) is 1.31. The monoisotopic (exact) mass is 250 g/mol. The number of benzene rings is 2. The van der Waals surface area contributed by atoms with E-state index in [9.17, 15) is 4.79 Å². The number of rotatable bonds is 1. The molecule has 0 aromatic heterocycles. The van der Waals surface area contributed by atoms with Crippen LogP contribution in [-0.2, 0) is 0 Å². The van der Waals surface area contributed by atoms with Gasteiger partial charge in [-0.15, -0.1) is 0 Å². The predicted octanol–water partition coefficient (Wildman–Crippen LogP) is 0.492. The SMILES string of the molecule is Cc1[c-]c(C)ccc1.O=C(O)c1ccccc1.[Na+]. The second-order valence-corrected chi connectivity index (χ2v) is 3.69. The molecule has 0 heterocycles. The molecule has 0 aliphatic heterocycles. The smallest absolute Gasteiger partial charge is 0.478 e. The van der Waals surface area contributed by atoms with Crippen LogP contribution in [-0.4, -0.2) is 11.1 Å². The molecule has 2 nitrogen and oxygen atoms in total. The van der Waals surface area contributed by atoms with Crippen LogP contribution >= 0.6 is 0 Å². The molecule has 88 valence electrons. The molecular formula is C15H15NaO2. The van der Waals surface area contributed by atoms with Crippen molar-refractivity contribution in [2.45, 2.75) is 13.8 Å². The van der Waals surface area contributed by atoms with Gasteiger partial charge in [0.1, 0.15) is 0 Å². The van der Waals surface area contributed by atoms with Crippen LogP contribution in [0.15, 0.2) is 48.5 Å². The molecule has 0 saturated heterocycles. The Morgan fingerprint density at radius 2 is 1.44 bits per heavy atom. The third-order valence-electron chi connectivity index (χ3n) is 2.11. The van der Waals surface area contributed by atoms with Gasteiger partial charge in [0, 0.05) is 0 Å². The zero-order valence-corrected chi connectivity index (χ0v) is 13.0. The third kappa shape index (κ3) is 6.60. The standard InChI is InChI=1S/C8H9.C7H6O2.Na/c1-7-4-3-5-8(2)6-7;8-7(9)6-4-2-1-3-5-6;/h3-5H,1-2H3;1-5H,(H,8,9);/q-1;;+1. The van der Waals surface area contributed by atoms with E-state index in [0.29, 0.717) is 5.56 Å². The van der Waals surface area contributed by atoms with Crippen LogP contribution in [0.25, 0.3) is 0 Å². The molecule has 0 unspecified atom stereocenters. The molecular weight excluding hydrogens is 235 g/mol. The van der Waals surface area contributed by atoms with Gasteiger partial charge in [0.25, 0.3) is 0 Å². The zero-order chi connectivity index (χ0) is 12.7. The van der Waals surface area contributed by atoms with E-state index < -0.39 is 5.97 Å². The summed E-state index contributed by atoms with van der Waals surface area (Å²) in [7, 11) is 0. The van der Waals surface area contributed by atoms with Crippen molar-refractivity contribution in [3.63, 3.8) is 0 Å². The van der Waals surface area contributed by atoms with Crippen LogP contribution in [0.1, 0.15) is 21.5 Å². The van der Waals surface area contributed by atoms with Crippen molar-refractivity contribution in [3.8, 4) is 0 Å². The Balaban J connectivity index is 0.000000306. The van der Waals surface area contributed by atoms with Gasteiger partial charge in [-0.05, 0) is 12.1 Å². The second-order valence-electron chi connectivity index (χ2n) is 3.69. The van der Waals surface area contributed by atoms with Crippen LogP contribution in [0.3, 0.4) is 0 Å². The van der Waals surface area contributed by atoms with Gasteiger partial charge in [0.05, 0.1) is 5.56 Å². The summed E-state index contributed by atoms with van der Waals surface area (Å²) >= 11 is 0. The van der Waals surface area contributed by atoms with Crippen molar-refractivity contribution < 1.29 is 39.5 Å². The molecule has 3 heteroatoms. The fourth-order valence-corrected chi connectivity index (χ4v) is 1.31. The number of carboxylic acids is 1. The zero-order valence-electron chi connectivity index (χ0n) is 11.0. The molecule has 0 amide bonds. The van der Waals surface area contributed by atoms with Gasteiger partial charge in [0.2, 0.25) is 0 Å². The minimum Gasteiger partial charge on any atom is -0.478 e. The van der Waals surface area contributed by atoms with Gasteiger partial charge in [-0.3, -0.25) is 0 Å². The molecule has 2 aromatic carbocycles. The Kier molecular flexibility index (Phi) is 8.38. The van der Waals surface area contributed by atoms with Gasteiger partial charge in [0.15, 0.2) is 0 Å². The Hall–Kier alpha value is -1.09. The molecule has 0 radical (unpaired) electrons. The van der Waals surface area contributed by atoms with E-state index in [2.05, 4.69) is 6.07 Å². The van der Waals surface area contributed by atoms with Crippen LogP contribution in [0.4, 0.5) is 0 Å². The van der Waals surface area contributed by atoms with E-state index in [-0.39, 0.29) is 29.6 Å². The second kappa shape index (κ2) is 8.92. The molecule has 0 bridgehead atoms. The summed E-state index contributed by atoms with van der Waals surface area (Å²) in [5.41, 5.74) is 2.76. The fraction of sp³-hybridized carbons (Fsp3) is 0.133.